The van der Waals surface area contributed by atoms with Crippen molar-refractivity contribution in [1.29, 1.82) is 0 Å². The highest BCUT2D eigenvalue weighted by molar-refractivity contribution is 7.89. The first-order valence-corrected chi connectivity index (χ1v) is 6.80. The van der Waals surface area contributed by atoms with Gasteiger partial charge in [0.15, 0.2) is 0 Å². The third kappa shape index (κ3) is 2.78. The summed E-state index contributed by atoms with van der Waals surface area (Å²) < 4.78 is 26.2. The predicted molar refractivity (Wildman–Crippen MR) is 60.5 cm³/mol. The Morgan fingerprint density at radius 1 is 1.56 bits per heavy atom. The van der Waals surface area contributed by atoms with Gasteiger partial charge in [-0.2, -0.15) is 0 Å². The second kappa shape index (κ2) is 4.90. The Morgan fingerprint density at radius 2 is 2.44 bits per heavy atom. The Labute approximate surface area is 95.3 Å². The molecule has 16 heavy (non-hydrogen) atoms. The van der Waals surface area contributed by atoms with Gasteiger partial charge in [-0.25, -0.2) is 13.1 Å². The van der Waals surface area contributed by atoms with E-state index in [0.717, 1.165) is 19.4 Å². The van der Waals surface area contributed by atoms with Gasteiger partial charge in [0.1, 0.15) is 4.90 Å². The minimum Gasteiger partial charge on any atom is -0.313 e. The van der Waals surface area contributed by atoms with E-state index in [1.807, 2.05) is 0 Å². The van der Waals surface area contributed by atoms with Crippen LogP contribution in [0.1, 0.15) is 12.8 Å². The molecule has 1 saturated heterocycles. The van der Waals surface area contributed by atoms with Crippen LogP contribution in [-0.2, 0) is 10.0 Å². The average Bonchev–Trinajstić information content (AvgIpc) is 2.81. The molecular formula is C10H15N3O2S. The highest BCUT2D eigenvalue weighted by Gasteiger charge is 2.18. The molecule has 5 nitrogen and oxygen atoms in total. The molecule has 2 rings (SSSR count). The van der Waals surface area contributed by atoms with Gasteiger partial charge in [0.25, 0.3) is 0 Å². The SMILES string of the molecule is O=S(=O)(NCC1CCCN1)c1cccnc1. The molecule has 1 atom stereocenters. The van der Waals surface area contributed by atoms with Crippen molar-refractivity contribution in [3.63, 3.8) is 0 Å². The van der Waals surface area contributed by atoms with Crippen LogP contribution in [0.5, 0.6) is 0 Å². The maximum absolute atomic E-state index is 11.8. The first-order chi connectivity index (χ1) is 7.68. The number of nitrogens with one attached hydrogen (secondary N) is 2. The molecule has 0 spiro atoms. The Kier molecular flexibility index (Phi) is 3.52. The van der Waals surface area contributed by atoms with Crippen molar-refractivity contribution in [2.24, 2.45) is 0 Å². The van der Waals surface area contributed by atoms with Gasteiger partial charge in [0.05, 0.1) is 0 Å². The van der Waals surface area contributed by atoms with Gasteiger partial charge in [0.2, 0.25) is 10.0 Å². The van der Waals surface area contributed by atoms with Crippen LogP contribution in [0.4, 0.5) is 0 Å². The molecule has 6 heteroatoms. The van der Waals surface area contributed by atoms with E-state index >= 15 is 0 Å². The first kappa shape index (κ1) is 11.5. The molecule has 88 valence electrons. The summed E-state index contributed by atoms with van der Waals surface area (Å²) in [5.74, 6) is 0. The number of nitrogens with zero attached hydrogens (tertiary/aromatic N) is 1. The molecule has 1 fully saturated rings. The average molecular weight is 241 g/mol. The summed E-state index contributed by atoms with van der Waals surface area (Å²) in [6, 6.07) is 3.41. The number of hydrogen-bond donors (Lipinski definition) is 2. The Bertz CT molecular complexity index is 427. The van der Waals surface area contributed by atoms with Crippen LogP contribution >= 0.6 is 0 Å². The quantitative estimate of drug-likeness (QED) is 0.785. The van der Waals surface area contributed by atoms with E-state index in [-0.39, 0.29) is 10.9 Å². The van der Waals surface area contributed by atoms with Crippen LogP contribution in [0.15, 0.2) is 29.4 Å². The minimum absolute atomic E-state index is 0.216. The first-order valence-electron chi connectivity index (χ1n) is 5.31. The van der Waals surface area contributed by atoms with Gasteiger partial charge in [-0.1, -0.05) is 0 Å². The van der Waals surface area contributed by atoms with Crippen LogP contribution in [-0.4, -0.2) is 32.5 Å². The van der Waals surface area contributed by atoms with Crippen molar-refractivity contribution in [3.05, 3.63) is 24.5 Å². The normalized spacial score (nSPS) is 21.1. The Morgan fingerprint density at radius 3 is 3.06 bits per heavy atom. The van der Waals surface area contributed by atoms with Crippen LogP contribution in [0.25, 0.3) is 0 Å². The lowest BCUT2D eigenvalue weighted by Gasteiger charge is -2.11. The van der Waals surface area contributed by atoms with Crippen molar-refractivity contribution in [2.75, 3.05) is 13.1 Å². The minimum atomic E-state index is -3.40. The molecule has 2 N–H and O–H groups in total. The molecule has 0 aliphatic carbocycles. The zero-order valence-electron chi connectivity index (χ0n) is 8.89. The monoisotopic (exact) mass is 241 g/mol. The number of rotatable bonds is 4. The van der Waals surface area contributed by atoms with Crippen LogP contribution in [0.3, 0.4) is 0 Å². The molecule has 0 aromatic carbocycles. The van der Waals surface area contributed by atoms with Crippen LogP contribution in [0.2, 0.25) is 0 Å². The van der Waals surface area contributed by atoms with Crippen molar-refractivity contribution >= 4 is 10.0 Å². The van der Waals surface area contributed by atoms with Crippen molar-refractivity contribution < 1.29 is 8.42 Å². The Hall–Kier alpha value is -0.980. The Balaban J connectivity index is 1.98. The van der Waals surface area contributed by atoms with E-state index in [1.54, 1.807) is 12.3 Å². The van der Waals surface area contributed by atoms with E-state index in [4.69, 9.17) is 0 Å². The summed E-state index contributed by atoms with van der Waals surface area (Å²) in [6.45, 7) is 1.41. The van der Waals surface area contributed by atoms with Gasteiger partial charge >= 0.3 is 0 Å². The fraction of sp³-hybridized carbons (Fsp3) is 0.500. The third-order valence-electron chi connectivity index (χ3n) is 2.63. The number of aromatic nitrogens is 1. The van der Waals surface area contributed by atoms with E-state index in [9.17, 15) is 8.42 Å². The van der Waals surface area contributed by atoms with Crippen molar-refractivity contribution in [1.82, 2.24) is 15.0 Å². The maximum Gasteiger partial charge on any atom is 0.242 e. The smallest absolute Gasteiger partial charge is 0.242 e. The van der Waals surface area contributed by atoms with Gasteiger partial charge < -0.3 is 5.32 Å². The molecule has 0 amide bonds. The van der Waals surface area contributed by atoms with E-state index in [1.165, 1.54) is 12.3 Å². The van der Waals surface area contributed by atoms with Crippen LogP contribution < -0.4 is 10.0 Å². The summed E-state index contributed by atoms with van der Waals surface area (Å²) in [6.07, 6.45) is 5.04. The maximum atomic E-state index is 11.8. The molecule has 1 aliphatic heterocycles. The fourth-order valence-electron chi connectivity index (χ4n) is 1.73. The topological polar surface area (TPSA) is 71.1 Å². The highest BCUT2D eigenvalue weighted by Crippen LogP contribution is 2.07. The number of sulfonamides is 1. The molecule has 2 heterocycles. The van der Waals surface area contributed by atoms with Gasteiger partial charge in [-0.3, -0.25) is 4.98 Å². The lowest BCUT2D eigenvalue weighted by atomic mass is 10.2. The summed E-state index contributed by atoms with van der Waals surface area (Å²) in [4.78, 5) is 4.01. The van der Waals surface area contributed by atoms with Crippen LogP contribution in [0, 0.1) is 0 Å². The second-order valence-corrected chi connectivity index (χ2v) is 5.60. The lowest BCUT2D eigenvalue weighted by Crippen LogP contribution is -2.37. The largest absolute Gasteiger partial charge is 0.313 e. The van der Waals surface area contributed by atoms with Gasteiger partial charge in [-0.05, 0) is 31.5 Å². The highest BCUT2D eigenvalue weighted by atomic mass is 32.2. The van der Waals surface area contributed by atoms with Gasteiger partial charge in [0, 0.05) is 25.0 Å². The molecule has 1 aromatic heterocycles. The molecule has 0 bridgehead atoms. The zero-order chi connectivity index (χ0) is 11.4. The second-order valence-electron chi connectivity index (χ2n) is 3.83. The summed E-state index contributed by atoms with van der Waals surface area (Å²) in [5.41, 5.74) is 0. The predicted octanol–water partition coefficient (Wildman–Crippen LogP) is 0.112. The van der Waals surface area contributed by atoms with Crippen molar-refractivity contribution in [2.45, 2.75) is 23.8 Å². The molecule has 1 aromatic rings. The van der Waals surface area contributed by atoms with E-state index in [0.29, 0.717) is 6.54 Å². The number of hydrogen-bond acceptors (Lipinski definition) is 4. The summed E-state index contributed by atoms with van der Waals surface area (Å²) >= 11 is 0. The molecule has 1 unspecified atom stereocenters. The summed E-state index contributed by atoms with van der Waals surface area (Å²) in [7, 11) is -3.40. The summed E-state index contributed by atoms with van der Waals surface area (Å²) in [5, 5.41) is 3.24. The van der Waals surface area contributed by atoms with E-state index in [2.05, 4.69) is 15.0 Å². The lowest BCUT2D eigenvalue weighted by molar-refractivity contribution is 0.551. The number of pyridine rings is 1. The molecule has 0 radical (unpaired) electrons. The zero-order valence-corrected chi connectivity index (χ0v) is 9.70. The van der Waals surface area contributed by atoms with Gasteiger partial charge in [-0.15, -0.1) is 0 Å². The third-order valence-corrected chi connectivity index (χ3v) is 4.04. The molecular weight excluding hydrogens is 226 g/mol. The fourth-order valence-corrected chi connectivity index (χ4v) is 2.78. The van der Waals surface area contributed by atoms with E-state index < -0.39 is 10.0 Å². The van der Waals surface area contributed by atoms with Crippen molar-refractivity contribution in [3.8, 4) is 0 Å². The molecule has 0 saturated carbocycles. The molecule has 1 aliphatic rings. The standard InChI is InChI=1S/C10H15N3O2S/c14-16(15,10-4-2-5-11-8-10)13-7-9-3-1-6-12-9/h2,4-5,8-9,12-13H,1,3,6-7H2.